The zero-order chi connectivity index (χ0) is 18.5. The van der Waals surface area contributed by atoms with Gasteiger partial charge in [-0.15, -0.1) is 0 Å². The highest BCUT2D eigenvalue weighted by Gasteiger charge is 2.15. The molecule has 6 nitrogen and oxygen atoms in total. The average molecular weight is 371 g/mol. The first-order valence-electron chi connectivity index (χ1n) is 8.47. The highest BCUT2D eigenvalue weighted by molar-refractivity contribution is 7.00. The lowest BCUT2D eigenvalue weighted by atomic mass is 10.1. The predicted octanol–water partition coefficient (Wildman–Crippen LogP) is 3.76. The van der Waals surface area contributed by atoms with Crippen LogP contribution in [0.2, 0.25) is 0 Å². The Hall–Kier alpha value is -2.67. The smallest absolute Gasteiger partial charge is 0.253 e. The van der Waals surface area contributed by atoms with Gasteiger partial charge in [0.1, 0.15) is 17.6 Å². The Balaban J connectivity index is 1.76. The summed E-state index contributed by atoms with van der Waals surface area (Å²) in [4.78, 5) is 14.3. The maximum Gasteiger partial charge on any atom is 0.253 e. The van der Waals surface area contributed by atoms with E-state index in [0.29, 0.717) is 36.8 Å². The van der Waals surface area contributed by atoms with Crippen molar-refractivity contribution in [1.82, 2.24) is 13.6 Å². The summed E-state index contributed by atoms with van der Waals surface area (Å²) in [5, 5.41) is 0. The van der Waals surface area contributed by atoms with Gasteiger partial charge in [0.2, 0.25) is 0 Å². The lowest BCUT2D eigenvalue weighted by molar-refractivity contribution is 0.0772. The molecular weight excluding hydrogens is 350 g/mol. The number of methoxy groups -OCH3 is 1. The summed E-state index contributed by atoms with van der Waals surface area (Å²) in [6, 6.07) is 11.1. The monoisotopic (exact) mass is 371 g/mol. The van der Waals surface area contributed by atoms with Gasteiger partial charge in [-0.3, -0.25) is 4.79 Å². The van der Waals surface area contributed by atoms with E-state index in [0.717, 1.165) is 16.6 Å². The number of rotatable bonds is 7. The van der Waals surface area contributed by atoms with Crippen LogP contribution in [0.1, 0.15) is 29.8 Å². The van der Waals surface area contributed by atoms with Crippen molar-refractivity contribution in [3.05, 3.63) is 47.5 Å². The number of hydrogen-bond acceptors (Lipinski definition) is 6. The zero-order valence-corrected chi connectivity index (χ0v) is 15.9. The first-order valence-corrected chi connectivity index (χ1v) is 9.20. The van der Waals surface area contributed by atoms with Crippen molar-refractivity contribution < 1.29 is 14.3 Å². The lowest BCUT2D eigenvalue weighted by Gasteiger charge is -2.19. The van der Waals surface area contributed by atoms with Crippen LogP contribution in [0.3, 0.4) is 0 Å². The summed E-state index contributed by atoms with van der Waals surface area (Å²) in [6.45, 7) is 5.65. The number of benzene rings is 2. The van der Waals surface area contributed by atoms with Crippen LogP contribution in [-0.2, 0) is 6.61 Å². The fraction of sp³-hybridized carbons (Fsp3) is 0.316. The highest BCUT2D eigenvalue weighted by atomic mass is 32.1. The van der Waals surface area contributed by atoms with Crippen molar-refractivity contribution in [2.24, 2.45) is 0 Å². The summed E-state index contributed by atoms with van der Waals surface area (Å²) < 4.78 is 19.7. The fourth-order valence-electron chi connectivity index (χ4n) is 2.69. The summed E-state index contributed by atoms with van der Waals surface area (Å²) in [6.07, 6.45) is 0. The van der Waals surface area contributed by atoms with E-state index in [4.69, 9.17) is 9.47 Å². The minimum atomic E-state index is -0.0127. The Bertz CT molecular complexity index is 906. The van der Waals surface area contributed by atoms with Gasteiger partial charge in [-0.05, 0) is 49.7 Å². The van der Waals surface area contributed by atoms with Gasteiger partial charge in [-0.2, -0.15) is 8.75 Å². The van der Waals surface area contributed by atoms with Crippen molar-refractivity contribution in [2.45, 2.75) is 20.5 Å². The van der Waals surface area contributed by atoms with Crippen LogP contribution < -0.4 is 9.47 Å². The van der Waals surface area contributed by atoms with E-state index in [1.807, 2.05) is 32.0 Å². The first-order chi connectivity index (χ1) is 12.7. The van der Waals surface area contributed by atoms with Gasteiger partial charge in [-0.1, -0.05) is 6.07 Å². The van der Waals surface area contributed by atoms with Gasteiger partial charge in [0.05, 0.1) is 18.8 Å². The Labute approximate surface area is 156 Å². The minimum Gasteiger partial charge on any atom is -0.493 e. The van der Waals surface area contributed by atoms with Crippen molar-refractivity contribution in [3.8, 4) is 11.5 Å². The van der Waals surface area contributed by atoms with E-state index in [1.165, 1.54) is 11.7 Å². The van der Waals surface area contributed by atoms with E-state index in [1.54, 1.807) is 30.2 Å². The molecule has 26 heavy (non-hydrogen) atoms. The Kier molecular flexibility index (Phi) is 5.68. The van der Waals surface area contributed by atoms with Crippen molar-refractivity contribution in [3.63, 3.8) is 0 Å². The van der Waals surface area contributed by atoms with Gasteiger partial charge in [0.15, 0.2) is 11.5 Å². The molecular formula is C19H21N3O3S. The van der Waals surface area contributed by atoms with Crippen LogP contribution in [-0.4, -0.2) is 39.8 Å². The molecule has 1 heterocycles. The topological polar surface area (TPSA) is 64.6 Å². The van der Waals surface area contributed by atoms with E-state index in [9.17, 15) is 4.79 Å². The molecule has 136 valence electrons. The molecule has 0 saturated heterocycles. The van der Waals surface area contributed by atoms with Gasteiger partial charge in [0.25, 0.3) is 5.91 Å². The zero-order valence-electron chi connectivity index (χ0n) is 15.1. The van der Waals surface area contributed by atoms with E-state index in [2.05, 4.69) is 8.75 Å². The minimum absolute atomic E-state index is 0.0127. The van der Waals surface area contributed by atoms with Gasteiger partial charge in [0, 0.05) is 18.7 Å². The predicted molar refractivity (Wildman–Crippen MR) is 102 cm³/mol. The van der Waals surface area contributed by atoms with E-state index in [-0.39, 0.29) is 5.91 Å². The third-order valence-corrected chi connectivity index (χ3v) is 4.73. The molecule has 3 rings (SSSR count). The molecule has 0 N–H and O–H groups in total. The molecule has 0 aliphatic carbocycles. The van der Waals surface area contributed by atoms with Crippen LogP contribution in [0.15, 0.2) is 36.4 Å². The van der Waals surface area contributed by atoms with Crippen LogP contribution in [0.25, 0.3) is 11.0 Å². The Morgan fingerprint density at radius 2 is 1.81 bits per heavy atom. The van der Waals surface area contributed by atoms with Gasteiger partial charge >= 0.3 is 0 Å². The van der Waals surface area contributed by atoms with Gasteiger partial charge < -0.3 is 14.4 Å². The fourth-order valence-corrected chi connectivity index (χ4v) is 3.21. The molecule has 1 amide bonds. The average Bonchev–Trinajstić information content (AvgIpc) is 3.14. The third kappa shape index (κ3) is 3.77. The number of hydrogen-bond donors (Lipinski definition) is 0. The molecule has 0 aliphatic heterocycles. The van der Waals surface area contributed by atoms with Crippen LogP contribution in [0.5, 0.6) is 11.5 Å². The van der Waals surface area contributed by atoms with Crippen molar-refractivity contribution in [2.75, 3.05) is 20.2 Å². The second kappa shape index (κ2) is 8.14. The lowest BCUT2D eigenvalue weighted by Crippen LogP contribution is -2.30. The number of fused-ring (bicyclic) bond motifs is 1. The molecule has 0 bridgehead atoms. The second-order valence-electron chi connectivity index (χ2n) is 5.72. The van der Waals surface area contributed by atoms with Crippen molar-refractivity contribution >= 4 is 28.7 Å². The number of carbonyl (C=O) groups is 1. The molecule has 0 spiro atoms. The summed E-state index contributed by atoms with van der Waals surface area (Å²) in [7, 11) is 1.57. The van der Waals surface area contributed by atoms with Crippen molar-refractivity contribution in [1.29, 1.82) is 0 Å². The maximum atomic E-state index is 12.5. The van der Waals surface area contributed by atoms with Gasteiger partial charge in [-0.25, -0.2) is 0 Å². The maximum absolute atomic E-state index is 12.5. The SMILES string of the molecule is CCN(CC)C(=O)c1ccc(OCc2ccc3nsnc3c2)c(OC)c1. The quantitative estimate of drug-likeness (QED) is 0.633. The molecule has 0 atom stereocenters. The first kappa shape index (κ1) is 18.1. The van der Waals surface area contributed by atoms with E-state index < -0.39 is 0 Å². The third-order valence-electron chi connectivity index (χ3n) is 4.17. The second-order valence-corrected chi connectivity index (χ2v) is 6.25. The summed E-state index contributed by atoms with van der Waals surface area (Å²) in [5.74, 6) is 1.13. The largest absolute Gasteiger partial charge is 0.493 e. The number of ether oxygens (including phenoxy) is 2. The highest BCUT2D eigenvalue weighted by Crippen LogP contribution is 2.29. The Morgan fingerprint density at radius 3 is 2.54 bits per heavy atom. The molecule has 3 aromatic rings. The van der Waals surface area contributed by atoms with Crippen LogP contribution in [0.4, 0.5) is 0 Å². The number of nitrogens with zero attached hydrogens (tertiary/aromatic N) is 3. The molecule has 0 aliphatic rings. The molecule has 7 heteroatoms. The van der Waals surface area contributed by atoms with Crippen LogP contribution >= 0.6 is 11.7 Å². The number of aromatic nitrogens is 2. The molecule has 1 aromatic heterocycles. The Morgan fingerprint density at radius 1 is 1.04 bits per heavy atom. The number of amides is 1. The molecule has 0 fully saturated rings. The molecule has 0 saturated carbocycles. The normalized spacial score (nSPS) is 10.7. The number of carbonyl (C=O) groups excluding carboxylic acids is 1. The standard InChI is InChI=1S/C19H21N3O3S/c1-4-22(5-2)19(23)14-7-9-17(18(11-14)24-3)25-12-13-6-8-15-16(10-13)21-26-20-15/h6-11H,4-5,12H2,1-3H3. The summed E-state index contributed by atoms with van der Waals surface area (Å²) in [5.41, 5.74) is 3.34. The van der Waals surface area contributed by atoms with Crippen LogP contribution in [0, 0.1) is 0 Å². The molecule has 2 aromatic carbocycles. The summed E-state index contributed by atoms with van der Waals surface area (Å²) >= 11 is 1.20. The molecule has 0 unspecified atom stereocenters. The molecule has 0 radical (unpaired) electrons. The van der Waals surface area contributed by atoms with E-state index >= 15 is 0 Å².